The normalized spacial score (nSPS) is 14.8. The summed E-state index contributed by atoms with van der Waals surface area (Å²) in [6.07, 6.45) is 6.77. The first kappa shape index (κ1) is 18.2. The van der Waals surface area contributed by atoms with E-state index in [9.17, 15) is 9.18 Å². The number of rotatable bonds is 4. The van der Waals surface area contributed by atoms with Crippen molar-refractivity contribution in [2.24, 2.45) is 0 Å². The molecule has 1 fully saturated rings. The van der Waals surface area contributed by atoms with Crippen LogP contribution in [0.3, 0.4) is 0 Å². The van der Waals surface area contributed by atoms with Crippen LogP contribution in [0, 0.1) is 5.82 Å². The van der Waals surface area contributed by atoms with Gasteiger partial charge in [0.2, 0.25) is 0 Å². The Hall–Kier alpha value is -3.15. The van der Waals surface area contributed by atoms with E-state index >= 15 is 0 Å². The molecule has 0 N–H and O–H groups in total. The third-order valence-electron chi connectivity index (χ3n) is 5.14. The van der Waals surface area contributed by atoms with Crippen LogP contribution in [0.5, 0.6) is 0 Å². The van der Waals surface area contributed by atoms with E-state index in [0.29, 0.717) is 36.7 Å². The first-order valence-electron chi connectivity index (χ1n) is 9.45. The topological polar surface area (TPSA) is 59.0 Å². The molecule has 2 aromatic heterocycles. The number of aromatic nitrogens is 3. The van der Waals surface area contributed by atoms with E-state index in [4.69, 9.17) is 4.98 Å². The molecule has 1 aliphatic heterocycles. The lowest BCUT2D eigenvalue weighted by atomic mass is 9.92. The van der Waals surface area contributed by atoms with E-state index in [1.807, 2.05) is 29.2 Å². The SMILES string of the molecule is O=C(c1cnccn1)N1CCC(c2cccc(Cc3ccccc3F)n2)CC1. The molecular weight excluding hydrogens is 355 g/mol. The van der Waals surface area contributed by atoms with Crippen molar-refractivity contribution < 1.29 is 9.18 Å². The zero-order chi connectivity index (χ0) is 19.3. The number of piperidine rings is 1. The highest BCUT2D eigenvalue weighted by atomic mass is 19.1. The van der Waals surface area contributed by atoms with Crippen LogP contribution in [0.15, 0.2) is 61.1 Å². The number of hydrogen-bond donors (Lipinski definition) is 0. The third kappa shape index (κ3) is 4.06. The Balaban J connectivity index is 1.41. The van der Waals surface area contributed by atoms with Crippen molar-refractivity contribution in [1.82, 2.24) is 19.9 Å². The molecule has 6 heteroatoms. The number of hydrogen-bond acceptors (Lipinski definition) is 4. The maximum atomic E-state index is 13.9. The van der Waals surface area contributed by atoms with Crippen LogP contribution in [0.25, 0.3) is 0 Å². The molecule has 3 aromatic rings. The standard InChI is InChI=1S/C22H21FN4O/c23-19-6-2-1-4-17(19)14-18-5-3-7-20(26-18)16-8-12-27(13-9-16)22(28)21-15-24-10-11-25-21/h1-7,10-11,15-16H,8-9,12-14H2. The summed E-state index contributed by atoms with van der Waals surface area (Å²) >= 11 is 0. The molecule has 1 amide bonds. The molecule has 0 bridgehead atoms. The molecule has 1 aromatic carbocycles. The first-order chi connectivity index (χ1) is 13.7. The van der Waals surface area contributed by atoms with Gasteiger partial charge in [-0.1, -0.05) is 24.3 Å². The molecule has 1 aliphatic rings. The van der Waals surface area contributed by atoms with Crippen molar-refractivity contribution in [2.45, 2.75) is 25.2 Å². The zero-order valence-electron chi connectivity index (χ0n) is 15.5. The van der Waals surface area contributed by atoms with E-state index in [2.05, 4.69) is 9.97 Å². The molecule has 28 heavy (non-hydrogen) atoms. The van der Waals surface area contributed by atoms with E-state index in [-0.39, 0.29) is 11.7 Å². The molecule has 0 atom stereocenters. The Morgan fingerprint density at radius 3 is 2.64 bits per heavy atom. The fraction of sp³-hybridized carbons (Fsp3) is 0.273. The van der Waals surface area contributed by atoms with E-state index in [1.54, 1.807) is 18.3 Å². The Labute approximate surface area is 163 Å². The predicted molar refractivity (Wildman–Crippen MR) is 103 cm³/mol. The molecule has 4 rings (SSSR count). The van der Waals surface area contributed by atoms with Crippen molar-refractivity contribution in [3.05, 3.63) is 89.5 Å². The molecule has 0 spiro atoms. The van der Waals surface area contributed by atoms with Gasteiger partial charge in [0, 0.05) is 49.2 Å². The number of nitrogens with zero attached hydrogens (tertiary/aromatic N) is 4. The molecule has 0 aliphatic carbocycles. The number of pyridine rings is 1. The largest absolute Gasteiger partial charge is 0.337 e. The van der Waals surface area contributed by atoms with E-state index in [0.717, 1.165) is 24.2 Å². The van der Waals surface area contributed by atoms with Gasteiger partial charge in [0.15, 0.2) is 0 Å². The number of carbonyl (C=O) groups excluding carboxylic acids is 1. The lowest BCUT2D eigenvalue weighted by molar-refractivity contribution is 0.0705. The lowest BCUT2D eigenvalue weighted by Crippen LogP contribution is -2.38. The van der Waals surface area contributed by atoms with Crippen LogP contribution in [0.1, 0.15) is 46.2 Å². The average Bonchev–Trinajstić information content (AvgIpc) is 2.76. The summed E-state index contributed by atoms with van der Waals surface area (Å²) in [7, 11) is 0. The highest BCUT2D eigenvalue weighted by Crippen LogP contribution is 2.27. The van der Waals surface area contributed by atoms with Gasteiger partial charge >= 0.3 is 0 Å². The molecule has 5 nitrogen and oxygen atoms in total. The van der Waals surface area contributed by atoms with E-state index < -0.39 is 0 Å². The molecule has 0 radical (unpaired) electrons. The van der Waals surface area contributed by atoms with Gasteiger partial charge in [-0.3, -0.25) is 14.8 Å². The summed E-state index contributed by atoms with van der Waals surface area (Å²) in [6.45, 7) is 1.33. The maximum Gasteiger partial charge on any atom is 0.274 e. The Morgan fingerprint density at radius 1 is 1.07 bits per heavy atom. The van der Waals surface area contributed by atoms with Gasteiger partial charge in [-0.15, -0.1) is 0 Å². The third-order valence-corrected chi connectivity index (χ3v) is 5.14. The van der Waals surface area contributed by atoms with Crippen LogP contribution < -0.4 is 0 Å². The van der Waals surface area contributed by atoms with Gasteiger partial charge in [-0.05, 0) is 36.6 Å². The van der Waals surface area contributed by atoms with Gasteiger partial charge in [0.05, 0.1) is 6.20 Å². The summed E-state index contributed by atoms with van der Waals surface area (Å²) in [6, 6.07) is 12.7. The summed E-state index contributed by atoms with van der Waals surface area (Å²) in [4.78, 5) is 27.2. The van der Waals surface area contributed by atoms with Gasteiger partial charge < -0.3 is 4.90 Å². The Morgan fingerprint density at radius 2 is 1.89 bits per heavy atom. The molecule has 0 saturated carbocycles. The highest BCUT2D eigenvalue weighted by Gasteiger charge is 2.26. The van der Waals surface area contributed by atoms with Crippen molar-refractivity contribution >= 4 is 5.91 Å². The van der Waals surface area contributed by atoms with Crippen LogP contribution in [-0.2, 0) is 6.42 Å². The van der Waals surface area contributed by atoms with Crippen LogP contribution in [0.2, 0.25) is 0 Å². The van der Waals surface area contributed by atoms with Gasteiger partial charge in [-0.25, -0.2) is 9.37 Å². The molecule has 0 unspecified atom stereocenters. The molecule has 1 saturated heterocycles. The fourth-order valence-electron chi connectivity index (χ4n) is 3.61. The van der Waals surface area contributed by atoms with Crippen LogP contribution in [-0.4, -0.2) is 38.8 Å². The number of amides is 1. The second-order valence-electron chi connectivity index (χ2n) is 6.98. The molecular formula is C22H21FN4O. The number of likely N-dealkylation sites (tertiary alicyclic amines) is 1. The summed E-state index contributed by atoms with van der Waals surface area (Å²) in [5.74, 6) is 0.0184. The smallest absolute Gasteiger partial charge is 0.274 e. The monoisotopic (exact) mass is 376 g/mol. The van der Waals surface area contributed by atoms with Gasteiger partial charge in [0.1, 0.15) is 11.5 Å². The van der Waals surface area contributed by atoms with Crippen molar-refractivity contribution in [2.75, 3.05) is 13.1 Å². The van der Waals surface area contributed by atoms with Crippen LogP contribution in [0.4, 0.5) is 4.39 Å². The van der Waals surface area contributed by atoms with Crippen molar-refractivity contribution in [1.29, 1.82) is 0 Å². The predicted octanol–water partition coefficient (Wildman–Crippen LogP) is 3.62. The quantitative estimate of drug-likeness (QED) is 0.698. The number of halogens is 1. The van der Waals surface area contributed by atoms with Crippen molar-refractivity contribution in [3.63, 3.8) is 0 Å². The lowest BCUT2D eigenvalue weighted by Gasteiger charge is -2.31. The summed E-state index contributed by atoms with van der Waals surface area (Å²) in [5, 5.41) is 0. The zero-order valence-corrected chi connectivity index (χ0v) is 15.5. The second-order valence-corrected chi connectivity index (χ2v) is 6.98. The van der Waals surface area contributed by atoms with Gasteiger partial charge in [-0.2, -0.15) is 0 Å². The Bertz CT molecular complexity index is 956. The Kier molecular flexibility index (Phi) is 5.37. The number of benzene rings is 1. The molecule has 3 heterocycles. The first-order valence-corrected chi connectivity index (χ1v) is 9.45. The minimum absolute atomic E-state index is 0.0761. The molecule has 142 valence electrons. The minimum atomic E-state index is -0.203. The van der Waals surface area contributed by atoms with E-state index in [1.165, 1.54) is 18.5 Å². The average molecular weight is 376 g/mol. The summed E-state index contributed by atoms with van der Waals surface area (Å²) in [5.41, 5.74) is 2.91. The second kappa shape index (κ2) is 8.25. The summed E-state index contributed by atoms with van der Waals surface area (Å²) < 4.78 is 13.9. The minimum Gasteiger partial charge on any atom is -0.337 e. The van der Waals surface area contributed by atoms with Crippen molar-refractivity contribution in [3.8, 4) is 0 Å². The van der Waals surface area contributed by atoms with Gasteiger partial charge in [0.25, 0.3) is 5.91 Å². The maximum absolute atomic E-state index is 13.9. The van der Waals surface area contributed by atoms with Crippen LogP contribution >= 0.6 is 0 Å². The highest BCUT2D eigenvalue weighted by molar-refractivity contribution is 5.92. The number of carbonyl (C=O) groups is 1. The fourth-order valence-corrected chi connectivity index (χ4v) is 3.61.